The van der Waals surface area contributed by atoms with E-state index >= 15 is 0 Å². The molecule has 0 radical (unpaired) electrons. The standard InChI is InChI=1S/C31H35ClF3N3O5S/c1-4-5-16-36-30(40)28(18-22-10-7-6-8-11-22)37(20-23-12-9-13-25(17-23)43-2)29(39)21-38(44(3,41)42)27-19-24(31(33,34)35)14-15-26(27)32/h6-15,17,19,28H,4-5,16,18,20-21H2,1-3H3,(H,36,40). The highest BCUT2D eigenvalue weighted by atomic mass is 35.5. The van der Waals surface area contributed by atoms with Gasteiger partial charge in [-0.15, -0.1) is 0 Å². The second-order valence-electron chi connectivity index (χ2n) is 10.2. The van der Waals surface area contributed by atoms with Crippen LogP contribution in [0.1, 0.15) is 36.5 Å². The van der Waals surface area contributed by atoms with E-state index in [-0.39, 0.29) is 18.0 Å². The highest BCUT2D eigenvalue weighted by Gasteiger charge is 2.36. The molecule has 0 aromatic heterocycles. The van der Waals surface area contributed by atoms with Crippen LogP contribution in [0.25, 0.3) is 0 Å². The third-order valence-electron chi connectivity index (χ3n) is 6.81. The molecule has 0 bridgehead atoms. The van der Waals surface area contributed by atoms with Crippen LogP contribution in [0.2, 0.25) is 5.02 Å². The lowest BCUT2D eigenvalue weighted by Gasteiger charge is -2.34. The highest BCUT2D eigenvalue weighted by Crippen LogP contribution is 2.36. The average Bonchev–Trinajstić information content (AvgIpc) is 2.97. The lowest BCUT2D eigenvalue weighted by atomic mass is 10.0. The van der Waals surface area contributed by atoms with Gasteiger partial charge < -0.3 is 15.0 Å². The Bertz CT molecular complexity index is 1540. The van der Waals surface area contributed by atoms with Crippen LogP contribution in [0.4, 0.5) is 18.9 Å². The number of nitrogens with zero attached hydrogens (tertiary/aromatic N) is 2. The molecule has 44 heavy (non-hydrogen) atoms. The van der Waals surface area contributed by atoms with Gasteiger partial charge in [0.25, 0.3) is 0 Å². The number of sulfonamides is 1. The zero-order valence-corrected chi connectivity index (χ0v) is 26.2. The number of alkyl halides is 3. The van der Waals surface area contributed by atoms with E-state index in [1.54, 1.807) is 48.5 Å². The van der Waals surface area contributed by atoms with Crippen LogP contribution < -0.4 is 14.4 Å². The molecule has 0 fully saturated rings. The van der Waals surface area contributed by atoms with Gasteiger partial charge in [-0.2, -0.15) is 13.2 Å². The Morgan fingerprint density at radius 1 is 1.00 bits per heavy atom. The maximum atomic E-state index is 14.1. The molecule has 2 amide bonds. The van der Waals surface area contributed by atoms with Gasteiger partial charge in [-0.1, -0.05) is 67.4 Å². The van der Waals surface area contributed by atoms with Crippen LogP contribution >= 0.6 is 11.6 Å². The Kier molecular flexibility index (Phi) is 12.1. The van der Waals surface area contributed by atoms with Crippen molar-refractivity contribution in [3.05, 3.63) is 94.5 Å². The highest BCUT2D eigenvalue weighted by molar-refractivity contribution is 7.92. The number of methoxy groups -OCH3 is 1. The van der Waals surface area contributed by atoms with Gasteiger partial charge in [-0.05, 0) is 47.9 Å². The SMILES string of the molecule is CCCCNC(=O)C(Cc1ccccc1)N(Cc1cccc(OC)c1)C(=O)CN(c1cc(C(F)(F)F)ccc1Cl)S(C)(=O)=O. The number of halogens is 4. The fraction of sp³-hybridized carbons (Fsp3) is 0.355. The summed E-state index contributed by atoms with van der Waals surface area (Å²) in [6, 6.07) is 16.9. The topological polar surface area (TPSA) is 96.0 Å². The zero-order chi connectivity index (χ0) is 32.5. The predicted molar refractivity (Wildman–Crippen MR) is 164 cm³/mol. The average molecular weight is 654 g/mol. The van der Waals surface area contributed by atoms with E-state index < -0.39 is 51.9 Å². The monoisotopic (exact) mass is 653 g/mol. The van der Waals surface area contributed by atoms with Gasteiger partial charge in [0.2, 0.25) is 21.8 Å². The van der Waals surface area contributed by atoms with Crippen molar-refractivity contribution in [3.63, 3.8) is 0 Å². The number of nitrogens with one attached hydrogen (secondary N) is 1. The lowest BCUT2D eigenvalue weighted by Crippen LogP contribution is -2.53. The van der Waals surface area contributed by atoms with Gasteiger partial charge in [0.05, 0.1) is 29.6 Å². The number of anilines is 1. The largest absolute Gasteiger partial charge is 0.497 e. The molecule has 0 spiro atoms. The van der Waals surface area contributed by atoms with E-state index in [2.05, 4.69) is 5.32 Å². The number of carbonyl (C=O) groups excluding carboxylic acids is 2. The molecule has 3 rings (SSSR count). The Morgan fingerprint density at radius 3 is 2.30 bits per heavy atom. The van der Waals surface area contributed by atoms with E-state index in [1.165, 1.54) is 12.0 Å². The van der Waals surface area contributed by atoms with Crippen molar-refractivity contribution < 1.29 is 35.9 Å². The van der Waals surface area contributed by atoms with Crippen LogP contribution in [-0.4, -0.2) is 57.6 Å². The lowest BCUT2D eigenvalue weighted by molar-refractivity contribution is -0.140. The van der Waals surface area contributed by atoms with Gasteiger partial charge in [-0.3, -0.25) is 13.9 Å². The van der Waals surface area contributed by atoms with E-state index in [0.717, 1.165) is 30.4 Å². The minimum Gasteiger partial charge on any atom is -0.497 e. The number of rotatable bonds is 14. The number of unbranched alkanes of at least 4 members (excludes halogenated alkanes) is 1. The Morgan fingerprint density at radius 2 is 1.68 bits per heavy atom. The molecule has 3 aromatic rings. The summed E-state index contributed by atoms with van der Waals surface area (Å²) in [5.41, 5.74) is -0.318. The smallest absolute Gasteiger partial charge is 0.416 e. The summed E-state index contributed by atoms with van der Waals surface area (Å²) in [5.74, 6) is -0.782. The van der Waals surface area contributed by atoms with Crippen LogP contribution in [0.15, 0.2) is 72.8 Å². The maximum absolute atomic E-state index is 14.1. The Labute approximate surface area is 260 Å². The molecular formula is C31H35ClF3N3O5S. The Hall–Kier alpha value is -3.77. The number of benzene rings is 3. The summed E-state index contributed by atoms with van der Waals surface area (Å²) in [4.78, 5) is 29.0. The molecular weight excluding hydrogens is 619 g/mol. The van der Waals surface area contributed by atoms with Crippen LogP contribution in [-0.2, 0) is 38.8 Å². The second kappa shape index (κ2) is 15.3. The predicted octanol–water partition coefficient (Wildman–Crippen LogP) is 5.69. The van der Waals surface area contributed by atoms with Crippen molar-refractivity contribution in [3.8, 4) is 5.75 Å². The van der Waals surface area contributed by atoms with Crippen LogP contribution in [0, 0.1) is 0 Å². The van der Waals surface area contributed by atoms with E-state index in [0.29, 0.717) is 34.7 Å². The van der Waals surface area contributed by atoms with Crippen molar-refractivity contribution in [2.45, 2.75) is 44.9 Å². The quantitative estimate of drug-likeness (QED) is 0.226. The molecule has 0 heterocycles. The summed E-state index contributed by atoms with van der Waals surface area (Å²) < 4.78 is 72.3. The fourth-order valence-electron chi connectivity index (χ4n) is 4.50. The molecule has 0 aliphatic rings. The van der Waals surface area contributed by atoms with E-state index in [1.807, 2.05) is 13.0 Å². The molecule has 0 aliphatic heterocycles. The van der Waals surface area contributed by atoms with Crippen molar-refractivity contribution in [1.82, 2.24) is 10.2 Å². The fourth-order valence-corrected chi connectivity index (χ4v) is 5.63. The molecule has 1 atom stereocenters. The number of amides is 2. The molecule has 1 N–H and O–H groups in total. The molecule has 13 heteroatoms. The summed E-state index contributed by atoms with van der Waals surface area (Å²) in [6.45, 7) is 1.29. The van der Waals surface area contributed by atoms with Gasteiger partial charge in [0.1, 0.15) is 18.3 Å². The van der Waals surface area contributed by atoms with Crippen LogP contribution in [0.3, 0.4) is 0 Å². The summed E-state index contributed by atoms with van der Waals surface area (Å²) >= 11 is 6.19. The summed E-state index contributed by atoms with van der Waals surface area (Å²) in [7, 11) is -2.85. The van der Waals surface area contributed by atoms with E-state index in [4.69, 9.17) is 16.3 Å². The minimum atomic E-state index is -4.79. The molecule has 3 aromatic carbocycles. The molecule has 0 aliphatic carbocycles. The van der Waals surface area contributed by atoms with Crippen LogP contribution in [0.5, 0.6) is 5.75 Å². The first-order valence-electron chi connectivity index (χ1n) is 13.8. The van der Waals surface area contributed by atoms with Crippen molar-refractivity contribution in [2.75, 3.05) is 30.8 Å². The molecule has 238 valence electrons. The van der Waals surface area contributed by atoms with Gasteiger partial charge >= 0.3 is 6.18 Å². The van der Waals surface area contributed by atoms with E-state index in [9.17, 15) is 31.2 Å². The maximum Gasteiger partial charge on any atom is 0.416 e. The third kappa shape index (κ3) is 9.62. The molecule has 8 nitrogen and oxygen atoms in total. The van der Waals surface area contributed by atoms with Gasteiger partial charge in [0, 0.05) is 19.5 Å². The molecule has 0 saturated carbocycles. The first-order chi connectivity index (χ1) is 20.7. The van der Waals surface area contributed by atoms with Gasteiger partial charge in [0.15, 0.2) is 0 Å². The first-order valence-corrected chi connectivity index (χ1v) is 16.1. The number of hydrogen-bond acceptors (Lipinski definition) is 5. The Balaban J connectivity index is 2.11. The molecule has 0 saturated heterocycles. The molecule has 1 unspecified atom stereocenters. The summed E-state index contributed by atoms with van der Waals surface area (Å²) in [5, 5.41) is 2.56. The van der Waals surface area contributed by atoms with Gasteiger partial charge in [-0.25, -0.2) is 8.42 Å². The number of carbonyl (C=O) groups is 2. The number of ether oxygens (including phenoxy) is 1. The van der Waals surface area contributed by atoms with Crippen molar-refractivity contribution >= 4 is 39.1 Å². The number of hydrogen-bond donors (Lipinski definition) is 1. The third-order valence-corrected chi connectivity index (χ3v) is 8.26. The first kappa shape index (κ1) is 34.7. The second-order valence-corrected chi connectivity index (χ2v) is 12.5. The minimum absolute atomic E-state index is 0.0949. The zero-order valence-electron chi connectivity index (χ0n) is 24.6. The summed E-state index contributed by atoms with van der Waals surface area (Å²) in [6.07, 6.45) is -2.41. The van der Waals surface area contributed by atoms with Crippen molar-refractivity contribution in [2.24, 2.45) is 0 Å². The van der Waals surface area contributed by atoms with Crippen molar-refractivity contribution in [1.29, 1.82) is 0 Å². The normalized spacial score (nSPS) is 12.3.